The number of carbonyl (C=O) groups excluding carboxylic acids is 1. The van der Waals surface area contributed by atoms with E-state index in [-0.39, 0.29) is 11.9 Å². The zero-order valence-electron chi connectivity index (χ0n) is 15.4. The molecule has 3 nitrogen and oxygen atoms in total. The van der Waals surface area contributed by atoms with Crippen LogP contribution < -0.4 is 10.1 Å². The highest BCUT2D eigenvalue weighted by molar-refractivity contribution is 5.86. The van der Waals surface area contributed by atoms with Gasteiger partial charge in [-0.05, 0) is 46.9 Å². The van der Waals surface area contributed by atoms with Crippen molar-refractivity contribution in [2.45, 2.75) is 32.2 Å². The van der Waals surface area contributed by atoms with E-state index in [1.807, 2.05) is 36.4 Å². The zero-order valence-corrected chi connectivity index (χ0v) is 15.4. The van der Waals surface area contributed by atoms with Crippen LogP contribution in [0.15, 0.2) is 66.7 Å². The molecule has 0 radical (unpaired) electrons. The van der Waals surface area contributed by atoms with Gasteiger partial charge in [0.05, 0.1) is 13.2 Å². The maximum atomic E-state index is 12.5. The van der Waals surface area contributed by atoms with Crippen molar-refractivity contribution < 1.29 is 9.53 Å². The third-order valence-corrected chi connectivity index (χ3v) is 4.76. The summed E-state index contributed by atoms with van der Waals surface area (Å²) in [6, 6.07) is 22.5. The first kappa shape index (κ1) is 18.0. The summed E-state index contributed by atoms with van der Waals surface area (Å²) >= 11 is 0. The molecule has 0 aliphatic heterocycles. The number of amides is 1. The Morgan fingerprint density at radius 3 is 2.46 bits per heavy atom. The fourth-order valence-electron chi connectivity index (χ4n) is 3.28. The van der Waals surface area contributed by atoms with Crippen LogP contribution in [0.5, 0.6) is 5.75 Å². The van der Waals surface area contributed by atoms with E-state index in [0.717, 1.165) is 24.2 Å². The summed E-state index contributed by atoms with van der Waals surface area (Å²) in [6.07, 6.45) is 2.08. The Labute approximate surface area is 155 Å². The Morgan fingerprint density at radius 1 is 1.00 bits per heavy atom. The first-order valence-corrected chi connectivity index (χ1v) is 9.11. The average molecular weight is 347 g/mol. The Bertz CT molecular complexity index is 866. The molecular weight excluding hydrogens is 322 g/mol. The highest BCUT2D eigenvalue weighted by Crippen LogP contribution is 2.22. The second kappa shape index (κ2) is 8.52. The number of fused-ring (bicyclic) bond motifs is 1. The van der Waals surface area contributed by atoms with Gasteiger partial charge in [0, 0.05) is 6.42 Å². The van der Waals surface area contributed by atoms with Crippen molar-refractivity contribution in [1.82, 2.24) is 5.32 Å². The van der Waals surface area contributed by atoms with Crippen LogP contribution in [-0.2, 0) is 11.2 Å². The molecule has 0 heterocycles. The Morgan fingerprint density at radius 2 is 1.73 bits per heavy atom. The molecule has 0 aliphatic carbocycles. The molecule has 0 spiro atoms. The van der Waals surface area contributed by atoms with E-state index in [0.29, 0.717) is 6.42 Å². The van der Waals surface area contributed by atoms with Crippen LogP contribution in [0.3, 0.4) is 0 Å². The van der Waals surface area contributed by atoms with E-state index in [9.17, 15) is 4.79 Å². The lowest BCUT2D eigenvalue weighted by atomic mass is 10.00. The molecule has 1 amide bonds. The molecule has 0 aliphatic rings. The normalized spacial score (nSPS) is 11.9. The fourth-order valence-corrected chi connectivity index (χ4v) is 3.28. The third-order valence-electron chi connectivity index (χ3n) is 4.76. The Kier molecular flexibility index (Phi) is 5.90. The molecule has 1 atom stereocenters. The quantitative estimate of drug-likeness (QED) is 0.649. The van der Waals surface area contributed by atoms with Crippen molar-refractivity contribution in [2.24, 2.45) is 0 Å². The second-order valence-electron chi connectivity index (χ2n) is 6.44. The number of hydrogen-bond donors (Lipinski definition) is 1. The largest absolute Gasteiger partial charge is 0.497 e. The Balaban J connectivity index is 1.63. The van der Waals surface area contributed by atoms with Gasteiger partial charge < -0.3 is 10.1 Å². The molecule has 0 aromatic heterocycles. The smallest absolute Gasteiger partial charge is 0.220 e. The van der Waals surface area contributed by atoms with Crippen LogP contribution >= 0.6 is 0 Å². The van der Waals surface area contributed by atoms with Gasteiger partial charge in [-0.1, -0.05) is 61.5 Å². The molecule has 1 N–H and O–H groups in total. The van der Waals surface area contributed by atoms with Crippen molar-refractivity contribution in [3.05, 3.63) is 77.9 Å². The van der Waals surface area contributed by atoms with E-state index in [2.05, 4.69) is 42.6 Å². The summed E-state index contributed by atoms with van der Waals surface area (Å²) in [5, 5.41) is 5.60. The predicted molar refractivity (Wildman–Crippen MR) is 106 cm³/mol. The third kappa shape index (κ3) is 4.23. The molecule has 134 valence electrons. The summed E-state index contributed by atoms with van der Waals surface area (Å²) in [7, 11) is 1.65. The van der Waals surface area contributed by atoms with Gasteiger partial charge in [-0.3, -0.25) is 4.79 Å². The summed E-state index contributed by atoms with van der Waals surface area (Å²) in [4.78, 5) is 12.5. The number of rotatable bonds is 7. The monoisotopic (exact) mass is 347 g/mol. The van der Waals surface area contributed by atoms with Crippen LogP contribution in [0.4, 0.5) is 0 Å². The van der Waals surface area contributed by atoms with Crippen molar-refractivity contribution in [1.29, 1.82) is 0 Å². The van der Waals surface area contributed by atoms with E-state index >= 15 is 0 Å². The van der Waals surface area contributed by atoms with Gasteiger partial charge in [-0.25, -0.2) is 0 Å². The van der Waals surface area contributed by atoms with Crippen LogP contribution in [0.1, 0.15) is 36.9 Å². The number of carbonyl (C=O) groups is 1. The van der Waals surface area contributed by atoms with E-state index in [1.165, 1.54) is 16.3 Å². The molecule has 3 rings (SSSR count). The molecule has 0 fully saturated rings. The molecule has 3 aromatic rings. The van der Waals surface area contributed by atoms with E-state index < -0.39 is 0 Å². The molecule has 0 unspecified atom stereocenters. The molecule has 3 heteroatoms. The minimum atomic E-state index is 0.0286. The fraction of sp³-hybridized carbons (Fsp3) is 0.261. The van der Waals surface area contributed by atoms with Crippen LogP contribution in [0.25, 0.3) is 10.8 Å². The summed E-state index contributed by atoms with van der Waals surface area (Å²) < 4.78 is 5.20. The molecule has 26 heavy (non-hydrogen) atoms. The number of nitrogens with one attached hydrogen (secondary N) is 1. The van der Waals surface area contributed by atoms with Gasteiger partial charge in [0.1, 0.15) is 5.75 Å². The lowest BCUT2D eigenvalue weighted by molar-refractivity contribution is -0.121. The number of benzene rings is 3. The predicted octanol–water partition coefficient (Wildman–Crippen LogP) is 5.05. The minimum absolute atomic E-state index is 0.0286. The van der Waals surface area contributed by atoms with E-state index in [1.54, 1.807) is 7.11 Å². The van der Waals surface area contributed by atoms with Gasteiger partial charge in [-0.15, -0.1) is 0 Å². The first-order valence-electron chi connectivity index (χ1n) is 9.11. The minimum Gasteiger partial charge on any atom is -0.497 e. The van der Waals surface area contributed by atoms with Gasteiger partial charge in [0.2, 0.25) is 5.91 Å². The van der Waals surface area contributed by atoms with Crippen molar-refractivity contribution in [3.8, 4) is 5.75 Å². The Hall–Kier alpha value is -2.81. The van der Waals surface area contributed by atoms with Crippen LogP contribution in [0, 0.1) is 0 Å². The lowest BCUT2D eigenvalue weighted by Crippen LogP contribution is -2.28. The van der Waals surface area contributed by atoms with Crippen LogP contribution in [0.2, 0.25) is 0 Å². The van der Waals surface area contributed by atoms with E-state index in [4.69, 9.17) is 4.74 Å². The highest BCUT2D eigenvalue weighted by atomic mass is 16.5. The van der Waals surface area contributed by atoms with Gasteiger partial charge in [0.15, 0.2) is 0 Å². The standard InChI is InChI=1S/C23H25NO2/c1-3-22(19-11-14-20(26-2)15-12-19)24-23(25)16-13-18-9-6-8-17-7-4-5-10-21(17)18/h4-12,14-15,22H,3,13,16H2,1-2H3,(H,24,25)/t22-/m1/s1. The van der Waals surface area contributed by atoms with Crippen molar-refractivity contribution in [2.75, 3.05) is 7.11 Å². The zero-order chi connectivity index (χ0) is 18.4. The number of methoxy groups -OCH3 is 1. The van der Waals surface area contributed by atoms with Crippen LogP contribution in [-0.4, -0.2) is 13.0 Å². The lowest BCUT2D eigenvalue weighted by Gasteiger charge is -2.18. The van der Waals surface area contributed by atoms with Gasteiger partial charge in [0.25, 0.3) is 0 Å². The summed E-state index contributed by atoms with van der Waals surface area (Å²) in [5.74, 6) is 0.909. The summed E-state index contributed by atoms with van der Waals surface area (Å²) in [5.41, 5.74) is 2.32. The average Bonchev–Trinajstić information content (AvgIpc) is 2.70. The second-order valence-corrected chi connectivity index (χ2v) is 6.44. The number of aryl methyl sites for hydroxylation is 1. The molecular formula is C23H25NO2. The molecule has 3 aromatic carbocycles. The first-order chi connectivity index (χ1) is 12.7. The maximum absolute atomic E-state index is 12.5. The highest BCUT2D eigenvalue weighted by Gasteiger charge is 2.13. The molecule has 0 bridgehead atoms. The summed E-state index contributed by atoms with van der Waals surface area (Å²) in [6.45, 7) is 2.08. The van der Waals surface area contributed by atoms with Crippen molar-refractivity contribution >= 4 is 16.7 Å². The van der Waals surface area contributed by atoms with Gasteiger partial charge in [-0.2, -0.15) is 0 Å². The molecule has 0 saturated carbocycles. The SMILES string of the molecule is CC[C@@H](NC(=O)CCc1cccc2ccccc12)c1ccc(OC)cc1. The van der Waals surface area contributed by atoms with Gasteiger partial charge >= 0.3 is 0 Å². The topological polar surface area (TPSA) is 38.3 Å². The molecule has 0 saturated heterocycles. The number of hydrogen-bond acceptors (Lipinski definition) is 2. The van der Waals surface area contributed by atoms with Crippen molar-refractivity contribution in [3.63, 3.8) is 0 Å². The maximum Gasteiger partial charge on any atom is 0.220 e. The number of ether oxygens (including phenoxy) is 1.